The molecule has 0 aliphatic rings. The molecule has 0 saturated carbocycles. The van der Waals surface area contributed by atoms with Gasteiger partial charge in [-0.15, -0.1) is 3.89 Å². The molecule has 1 N–H and O–H groups in total. The maximum atomic E-state index is 12.5. The molecule has 0 radical (unpaired) electrons. The van der Waals surface area contributed by atoms with Crippen LogP contribution in [0, 0.1) is 6.92 Å². The fourth-order valence-corrected chi connectivity index (χ4v) is 1.58. The van der Waals surface area contributed by atoms with Gasteiger partial charge in [0, 0.05) is 0 Å². The molecule has 0 saturated heterocycles. The van der Waals surface area contributed by atoms with E-state index in [1.165, 1.54) is 6.92 Å². The summed E-state index contributed by atoms with van der Waals surface area (Å²) in [5.74, 6) is -1.18. The summed E-state index contributed by atoms with van der Waals surface area (Å²) in [6.07, 6.45) is 0. The van der Waals surface area contributed by atoms with E-state index in [-0.39, 0.29) is 11.1 Å². The number of benzene rings is 1. The average molecular weight is 218 g/mol. The zero-order valence-electron chi connectivity index (χ0n) is 7.19. The summed E-state index contributed by atoms with van der Waals surface area (Å²) in [5, 5.41) is 8.62. The van der Waals surface area contributed by atoms with Crippen molar-refractivity contribution in [1.29, 1.82) is 0 Å². The zero-order chi connectivity index (χ0) is 10.9. The Labute approximate surface area is 80.2 Å². The topological polar surface area (TPSA) is 71.4 Å². The summed E-state index contributed by atoms with van der Waals surface area (Å²) < 4.78 is 33.4. The second kappa shape index (κ2) is 3.38. The molecule has 0 aliphatic heterocycles. The summed E-state index contributed by atoms with van der Waals surface area (Å²) in [6, 6.07) is 2.97. The molecule has 0 amide bonds. The number of hydrogen-bond acceptors (Lipinski definition) is 3. The number of aryl methyl sites for hydroxylation is 1. The van der Waals surface area contributed by atoms with Crippen LogP contribution < -0.4 is 0 Å². The normalized spacial score (nSPS) is 11.3. The molecule has 0 heterocycles. The highest BCUT2D eigenvalue weighted by Crippen LogP contribution is 2.17. The lowest BCUT2D eigenvalue weighted by molar-refractivity contribution is 0.0696. The summed E-state index contributed by atoms with van der Waals surface area (Å²) in [5.41, 5.74) is 0.161. The third-order valence-electron chi connectivity index (χ3n) is 1.71. The lowest BCUT2D eigenvalue weighted by Crippen LogP contribution is -2.01. The first kappa shape index (κ1) is 10.6. The lowest BCUT2D eigenvalue weighted by Gasteiger charge is -2.01. The van der Waals surface area contributed by atoms with Gasteiger partial charge in [-0.25, -0.2) is 4.79 Å². The van der Waals surface area contributed by atoms with Crippen LogP contribution in [0.3, 0.4) is 0 Å². The van der Waals surface area contributed by atoms with Crippen molar-refractivity contribution in [1.82, 2.24) is 0 Å². The number of rotatable bonds is 2. The van der Waals surface area contributed by atoms with Crippen LogP contribution in [0.5, 0.6) is 0 Å². The summed E-state index contributed by atoms with van der Waals surface area (Å²) in [4.78, 5) is 10.0. The highest BCUT2D eigenvalue weighted by Gasteiger charge is 2.15. The van der Waals surface area contributed by atoms with Gasteiger partial charge in [0.15, 0.2) is 0 Å². The second-order valence-electron chi connectivity index (χ2n) is 2.72. The maximum Gasteiger partial charge on any atom is 0.335 e. The largest absolute Gasteiger partial charge is 0.478 e. The first-order valence-corrected chi connectivity index (χ1v) is 4.99. The van der Waals surface area contributed by atoms with Crippen LogP contribution in [-0.2, 0) is 10.2 Å². The Morgan fingerprint density at radius 2 is 2.00 bits per heavy atom. The number of carboxylic acids is 1. The predicted octanol–water partition coefficient (Wildman–Crippen LogP) is 1.35. The Balaban J connectivity index is 3.34. The molecule has 6 heteroatoms. The highest BCUT2D eigenvalue weighted by atomic mass is 32.3. The third kappa shape index (κ3) is 2.08. The molecule has 0 unspecified atom stereocenters. The van der Waals surface area contributed by atoms with E-state index in [9.17, 15) is 17.1 Å². The van der Waals surface area contributed by atoms with Gasteiger partial charge in [0.05, 0.1) is 10.5 Å². The van der Waals surface area contributed by atoms with E-state index in [4.69, 9.17) is 5.11 Å². The number of carboxylic acid groups (broad SMARTS) is 1. The molecule has 0 bridgehead atoms. The van der Waals surface area contributed by atoms with Gasteiger partial charge in [-0.3, -0.25) is 0 Å². The van der Waals surface area contributed by atoms with Crippen LogP contribution in [0.15, 0.2) is 23.1 Å². The van der Waals surface area contributed by atoms with Gasteiger partial charge >= 0.3 is 16.2 Å². The molecule has 76 valence electrons. The van der Waals surface area contributed by atoms with Crippen LogP contribution >= 0.6 is 0 Å². The molecular weight excluding hydrogens is 211 g/mol. The van der Waals surface area contributed by atoms with Crippen molar-refractivity contribution in [2.45, 2.75) is 11.8 Å². The molecule has 0 aliphatic carbocycles. The molecular formula is C8H7FO4S. The van der Waals surface area contributed by atoms with Crippen LogP contribution in [0.4, 0.5) is 3.89 Å². The number of hydrogen-bond donors (Lipinski definition) is 1. The van der Waals surface area contributed by atoms with Gasteiger partial charge in [-0.05, 0) is 30.7 Å². The molecule has 14 heavy (non-hydrogen) atoms. The van der Waals surface area contributed by atoms with Gasteiger partial charge in [0.25, 0.3) is 0 Å². The Hall–Kier alpha value is -1.43. The van der Waals surface area contributed by atoms with E-state index in [0.717, 1.165) is 18.2 Å². The van der Waals surface area contributed by atoms with E-state index < -0.39 is 21.1 Å². The average Bonchev–Trinajstić information content (AvgIpc) is 2.01. The minimum Gasteiger partial charge on any atom is -0.478 e. The number of aromatic carboxylic acids is 1. The summed E-state index contributed by atoms with van der Waals surface area (Å²) in [7, 11) is -4.76. The summed E-state index contributed by atoms with van der Waals surface area (Å²) >= 11 is 0. The van der Waals surface area contributed by atoms with E-state index in [0.29, 0.717) is 0 Å². The molecule has 1 aromatic carbocycles. The molecule has 0 aromatic heterocycles. The Morgan fingerprint density at radius 3 is 2.36 bits per heavy atom. The predicted molar refractivity (Wildman–Crippen MR) is 46.4 cm³/mol. The van der Waals surface area contributed by atoms with Gasteiger partial charge in [-0.2, -0.15) is 8.42 Å². The number of carbonyl (C=O) groups is 1. The van der Waals surface area contributed by atoms with Gasteiger partial charge in [-0.1, -0.05) is 0 Å². The molecule has 0 atom stereocenters. The SMILES string of the molecule is Cc1cc(S(=O)(=O)F)ccc1C(=O)O. The van der Waals surface area contributed by atoms with E-state index >= 15 is 0 Å². The lowest BCUT2D eigenvalue weighted by atomic mass is 10.1. The van der Waals surface area contributed by atoms with Gasteiger partial charge in [0.1, 0.15) is 0 Å². The quantitative estimate of drug-likeness (QED) is 0.760. The smallest absolute Gasteiger partial charge is 0.335 e. The molecule has 1 aromatic rings. The molecule has 1 rings (SSSR count). The minimum atomic E-state index is -4.76. The Morgan fingerprint density at radius 1 is 1.43 bits per heavy atom. The van der Waals surface area contributed by atoms with Gasteiger partial charge < -0.3 is 5.11 Å². The molecule has 0 spiro atoms. The van der Waals surface area contributed by atoms with Crippen molar-refractivity contribution in [3.63, 3.8) is 0 Å². The van der Waals surface area contributed by atoms with Crippen LogP contribution in [-0.4, -0.2) is 19.5 Å². The molecule has 4 nitrogen and oxygen atoms in total. The van der Waals surface area contributed by atoms with Crippen LogP contribution in [0.1, 0.15) is 15.9 Å². The zero-order valence-corrected chi connectivity index (χ0v) is 8.01. The van der Waals surface area contributed by atoms with Crippen molar-refractivity contribution in [2.75, 3.05) is 0 Å². The third-order valence-corrected chi connectivity index (χ3v) is 2.53. The van der Waals surface area contributed by atoms with Crippen LogP contribution in [0.2, 0.25) is 0 Å². The van der Waals surface area contributed by atoms with Crippen molar-refractivity contribution < 1.29 is 22.2 Å². The number of halogens is 1. The monoisotopic (exact) mass is 218 g/mol. The van der Waals surface area contributed by atoms with E-state index in [1.54, 1.807) is 0 Å². The van der Waals surface area contributed by atoms with E-state index in [2.05, 4.69) is 0 Å². The standard InChI is InChI=1S/C8H7FO4S/c1-5-4-6(14(9,12)13)2-3-7(5)8(10)11/h2-4H,1H3,(H,10,11). The first-order chi connectivity index (χ1) is 6.32. The molecule has 0 fully saturated rings. The highest BCUT2D eigenvalue weighted by molar-refractivity contribution is 7.86. The van der Waals surface area contributed by atoms with Crippen molar-refractivity contribution >= 4 is 16.2 Å². The first-order valence-electron chi connectivity index (χ1n) is 3.61. The van der Waals surface area contributed by atoms with Crippen LogP contribution in [0.25, 0.3) is 0 Å². The Kier molecular flexibility index (Phi) is 2.57. The van der Waals surface area contributed by atoms with E-state index in [1.807, 2.05) is 0 Å². The fourth-order valence-electron chi connectivity index (χ4n) is 1.03. The maximum absolute atomic E-state index is 12.5. The summed E-state index contributed by atoms with van der Waals surface area (Å²) in [6.45, 7) is 1.40. The van der Waals surface area contributed by atoms with Crippen molar-refractivity contribution in [3.05, 3.63) is 29.3 Å². The van der Waals surface area contributed by atoms with Gasteiger partial charge in [0.2, 0.25) is 0 Å². The van der Waals surface area contributed by atoms with Crippen molar-refractivity contribution in [3.8, 4) is 0 Å². The van der Waals surface area contributed by atoms with Crippen molar-refractivity contribution in [2.24, 2.45) is 0 Å². The second-order valence-corrected chi connectivity index (χ2v) is 4.07. The Bertz CT molecular complexity index is 478. The minimum absolute atomic E-state index is 0.0441. The fraction of sp³-hybridized carbons (Fsp3) is 0.125.